The molecule has 0 aliphatic carbocycles. The molecule has 0 aliphatic rings. The summed E-state index contributed by atoms with van der Waals surface area (Å²) in [6, 6.07) is 14.9. The quantitative estimate of drug-likeness (QED) is 0.583. The SMILES string of the molecule is CNC(=O)/C(=N\OC)c1ccccc1COc1ccc(OC(C)C)cc1. The number of likely N-dealkylation sites (N-methyl/N-ethyl adjacent to an activating group) is 1. The molecule has 0 spiro atoms. The van der Waals surface area contributed by atoms with E-state index in [2.05, 4.69) is 10.5 Å². The molecule has 6 heteroatoms. The lowest BCUT2D eigenvalue weighted by Gasteiger charge is -2.13. The van der Waals surface area contributed by atoms with Crippen LogP contribution < -0.4 is 14.8 Å². The number of carbonyl (C=O) groups excluding carboxylic acids is 1. The van der Waals surface area contributed by atoms with E-state index in [0.717, 1.165) is 11.3 Å². The average molecular weight is 356 g/mol. The summed E-state index contributed by atoms with van der Waals surface area (Å²) in [5, 5.41) is 6.42. The number of carbonyl (C=O) groups is 1. The van der Waals surface area contributed by atoms with Crippen LogP contribution >= 0.6 is 0 Å². The van der Waals surface area contributed by atoms with Gasteiger partial charge in [0.05, 0.1) is 6.10 Å². The third kappa shape index (κ3) is 5.24. The van der Waals surface area contributed by atoms with Gasteiger partial charge in [-0.05, 0) is 43.7 Å². The number of oxime groups is 1. The molecular weight excluding hydrogens is 332 g/mol. The van der Waals surface area contributed by atoms with E-state index in [-0.39, 0.29) is 17.7 Å². The van der Waals surface area contributed by atoms with Gasteiger partial charge in [0.2, 0.25) is 0 Å². The molecule has 0 heterocycles. The van der Waals surface area contributed by atoms with Crippen molar-refractivity contribution in [1.29, 1.82) is 0 Å². The molecule has 0 saturated heterocycles. The molecule has 0 aromatic heterocycles. The minimum absolute atomic E-state index is 0.122. The van der Waals surface area contributed by atoms with Crippen LogP contribution in [0.3, 0.4) is 0 Å². The van der Waals surface area contributed by atoms with Crippen molar-refractivity contribution in [3.05, 3.63) is 59.7 Å². The molecule has 2 aromatic rings. The average Bonchev–Trinajstić information content (AvgIpc) is 2.65. The summed E-state index contributed by atoms with van der Waals surface area (Å²) in [5.41, 5.74) is 1.69. The summed E-state index contributed by atoms with van der Waals surface area (Å²) < 4.78 is 11.5. The number of nitrogens with one attached hydrogen (secondary N) is 1. The van der Waals surface area contributed by atoms with Gasteiger partial charge in [-0.25, -0.2) is 0 Å². The highest BCUT2D eigenvalue weighted by Gasteiger charge is 2.17. The molecule has 2 aromatic carbocycles. The highest BCUT2D eigenvalue weighted by Crippen LogP contribution is 2.20. The van der Waals surface area contributed by atoms with Crippen molar-refractivity contribution in [2.24, 2.45) is 5.16 Å². The monoisotopic (exact) mass is 356 g/mol. The van der Waals surface area contributed by atoms with Crippen molar-refractivity contribution in [2.75, 3.05) is 14.2 Å². The topological polar surface area (TPSA) is 69.2 Å². The normalized spacial score (nSPS) is 11.2. The molecule has 0 fully saturated rings. The van der Waals surface area contributed by atoms with Crippen LogP contribution in [0, 0.1) is 0 Å². The molecule has 6 nitrogen and oxygen atoms in total. The highest BCUT2D eigenvalue weighted by atomic mass is 16.6. The summed E-state index contributed by atoms with van der Waals surface area (Å²) in [6.07, 6.45) is 0.122. The summed E-state index contributed by atoms with van der Waals surface area (Å²) >= 11 is 0. The maximum Gasteiger partial charge on any atom is 0.273 e. The van der Waals surface area contributed by atoms with Crippen molar-refractivity contribution in [3.63, 3.8) is 0 Å². The number of amides is 1. The zero-order chi connectivity index (χ0) is 18.9. The van der Waals surface area contributed by atoms with Crippen LogP contribution in [0.1, 0.15) is 25.0 Å². The molecule has 2 rings (SSSR count). The fourth-order valence-corrected chi connectivity index (χ4v) is 2.35. The van der Waals surface area contributed by atoms with Crippen molar-refractivity contribution < 1.29 is 19.1 Å². The number of hydrogen-bond donors (Lipinski definition) is 1. The third-order valence-corrected chi connectivity index (χ3v) is 3.49. The minimum atomic E-state index is -0.325. The standard InChI is InChI=1S/C20H24N2O4/c1-14(2)26-17-11-9-16(10-12-17)25-13-15-7-5-6-8-18(15)19(22-24-4)20(23)21-3/h5-12,14H,13H2,1-4H3,(H,21,23)/b22-19-. The molecule has 0 unspecified atom stereocenters. The summed E-state index contributed by atoms with van der Waals surface area (Å²) in [4.78, 5) is 16.9. The van der Waals surface area contributed by atoms with Gasteiger partial charge < -0.3 is 19.6 Å². The first kappa shape index (κ1) is 19.3. The van der Waals surface area contributed by atoms with E-state index in [1.54, 1.807) is 7.05 Å². The van der Waals surface area contributed by atoms with E-state index in [9.17, 15) is 4.79 Å². The van der Waals surface area contributed by atoms with Crippen molar-refractivity contribution >= 4 is 11.6 Å². The molecule has 26 heavy (non-hydrogen) atoms. The van der Waals surface area contributed by atoms with Crippen LogP contribution in [0.4, 0.5) is 0 Å². The number of hydrogen-bond acceptors (Lipinski definition) is 5. The van der Waals surface area contributed by atoms with Crippen LogP contribution in [0.2, 0.25) is 0 Å². The number of ether oxygens (including phenoxy) is 2. The Morgan fingerprint density at radius 2 is 1.73 bits per heavy atom. The van der Waals surface area contributed by atoms with Crippen molar-refractivity contribution in [2.45, 2.75) is 26.6 Å². The summed E-state index contributed by atoms with van der Waals surface area (Å²) in [6.45, 7) is 4.25. The Kier molecular flexibility index (Phi) is 7.02. The molecule has 1 amide bonds. The summed E-state index contributed by atoms with van der Waals surface area (Å²) in [5.74, 6) is 1.18. The van der Waals surface area contributed by atoms with E-state index >= 15 is 0 Å². The Hall–Kier alpha value is -3.02. The largest absolute Gasteiger partial charge is 0.491 e. The Labute approximate surface area is 153 Å². The Balaban J connectivity index is 2.15. The molecule has 1 N–H and O–H groups in total. The number of rotatable bonds is 8. The van der Waals surface area contributed by atoms with Gasteiger partial charge in [0.1, 0.15) is 25.2 Å². The van der Waals surface area contributed by atoms with Crippen LogP contribution in [0.5, 0.6) is 11.5 Å². The van der Waals surface area contributed by atoms with E-state index in [0.29, 0.717) is 17.9 Å². The van der Waals surface area contributed by atoms with Gasteiger partial charge in [0.15, 0.2) is 5.71 Å². The minimum Gasteiger partial charge on any atom is -0.491 e. The lowest BCUT2D eigenvalue weighted by molar-refractivity contribution is -0.114. The van der Waals surface area contributed by atoms with Gasteiger partial charge >= 0.3 is 0 Å². The fourth-order valence-electron chi connectivity index (χ4n) is 2.35. The first-order chi connectivity index (χ1) is 12.5. The first-order valence-electron chi connectivity index (χ1n) is 8.36. The van der Waals surface area contributed by atoms with Gasteiger partial charge in [-0.3, -0.25) is 4.79 Å². The van der Waals surface area contributed by atoms with Gasteiger partial charge in [-0.15, -0.1) is 0 Å². The van der Waals surface area contributed by atoms with Crippen molar-refractivity contribution in [1.82, 2.24) is 5.32 Å². The van der Waals surface area contributed by atoms with E-state index in [1.165, 1.54) is 7.11 Å². The number of benzene rings is 2. The van der Waals surface area contributed by atoms with E-state index < -0.39 is 0 Å². The lowest BCUT2D eigenvalue weighted by atomic mass is 10.0. The predicted octanol–water partition coefficient (Wildman–Crippen LogP) is 3.15. The second kappa shape index (κ2) is 9.46. The van der Waals surface area contributed by atoms with Crippen molar-refractivity contribution in [3.8, 4) is 11.5 Å². The molecule has 0 radical (unpaired) electrons. The van der Waals surface area contributed by atoms with Gasteiger partial charge in [-0.2, -0.15) is 0 Å². The molecule has 0 atom stereocenters. The molecular formula is C20H24N2O4. The van der Waals surface area contributed by atoms with E-state index in [1.807, 2.05) is 62.4 Å². The second-order valence-corrected chi connectivity index (χ2v) is 5.79. The molecule has 0 bridgehead atoms. The Morgan fingerprint density at radius 3 is 2.35 bits per heavy atom. The maximum atomic E-state index is 12.1. The zero-order valence-electron chi connectivity index (χ0n) is 15.5. The molecule has 0 aliphatic heterocycles. The zero-order valence-corrected chi connectivity index (χ0v) is 15.5. The predicted molar refractivity (Wildman–Crippen MR) is 101 cm³/mol. The first-order valence-corrected chi connectivity index (χ1v) is 8.36. The van der Waals surface area contributed by atoms with Crippen LogP contribution in [0.25, 0.3) is 0 Å². The van der Waals surface area contributed by atoms with Crippen LogP contribution in [-0.2, 0) is 16.2 Å². The number of nitrogens with zero attached hydrogens (tertiary/aromatic N) is 1. The maximum absolute atomic E-state index is 12.1. The van der Waals surface area contributed by atoms with Crippen LogP contribution in [-0.4, -0.2) is 31.9 Å². The van der Waals surface area contributed by atoms with E-state index in [4.69, 9.17) is 14.3 Å². The van der Waals surface area contributed by atoms with Gasteiger partial charge in [0, 0.05) is 12.6 Å². The van der Waals surface area contributed by atoms with Gasteiger partial charge in [0.25, 0.3) is 5.91 Å². The second-order valence-electron chi connectivity index (χ2n) is 5.79. The molecule has 0 saturated carbocycles. The Morgan fingerprint density at radius 1 is 1.08 bits per heavy atom. The Bertz CT molecular complexity index is 755. The lowest BCUT2D eigenvalue weighted by Crippen LogP contribution is -2.29. The highest BCUT2D eigenvalue weighted by molar-refractivity contribution is 6.45. The summed E-state index contributed by atoms with van der Waals surface area (Å²) in [7, 11) is 2.95. The van der Waals surface area contributed by atoms with Crippen LogP contribution in [0.15, 0.2) is 53.7 Å². The third-order valence-electron chi connectivity index (χ3n) is 3.49. The van der Waals surface area contributed by atoms with Gasteiger partial charge in [-0.1, -0.05) is 29.4 Å². The smallest absolute Gasteiger partial charge is 0.273 e. The molecule has 138 valence electrons. The fraction of sp³-hybridized carbons (Fsp3) is 0.300.